The molecule has 6 rings (SSSR count). The van der Waals surface area contributed by atoms with Crippen LogP contribution in [0.2, 0.25) is 0 Å². The maximum Gasteiger partial charge on any atom is 0.471 e. The van der Waals surface area contributed by atoms with Crippen molar-refractivity contribution < 1.29 is 47.2 Å². The van der Waals surface area contributed by atoms with Crippen molar-refractivity contribution >= 4 is 23.5 Å². The quantitative estimate of drug-likeness (QED) is 0.261. The number of hydrogen-bond donors (Lipinski definition) is 3. The van der Waals surface area contributed by atoms with Gasteiger partial charge in [-0.25, -0.2) is 4.79 Å². The summed E-state index contributed by atoms with van der Waals surface area (Å²) in [5.74, 6) is -3.35. The lowest BCUT2D eigenvalue weighted by Gasteiger charge is -2.36. The first-order valence-electron chi connectivity index (χ1n) is 13.4. The zero-order valence-electron chi connectivity index (χ0n) is 22.9. The number of nitrogens with zero attached hydrogens (tertiary/aromatic N) is 1. The van der Waals surface area contributed by atoms with Crippen molar-refractivity contribution in [2.45, 2.75) is 24.7 Å². The largest absolute Gasteiger partial charge is 0.508 e. The average Bonchev–Trinajstić information content (AvgIpc) is 3.27. The number of nitrogens with one attached hydrogen (secondary N) is 1. The first-order chi connectivity index (χ1) is 20.9. The third-order valence-electron chi connectivity index (χ3n) is 7.42. The second-order valence-electron chi connectivity index (χ2n) is 10.4. The Kier molecular flexibility index (Phi) is 6.71. The molecule has 2 amide bonds. The lowest BCUT2D eigenvalue weighted by Crippen LogP contribution is -2.48. The molecule has 224 valence electrons. The van der Waals surface area contributed by atoms with Crippen molar-refractivity contribution in [2.75, 3.05) is 11.4 Å². The SMILES string of the molecule is C[C@H](CN(C(=O)c1ccc2c(c1)C(=O)OC21c2ccc(O)cc2Oc2cc(O)ccc21)c1ccccc1)NC(=O)C(F)(F)F. The monoisotopic (exact) mass is 604 g/mol. The van der Waals surface area contributed by atoms with E-state index in [1.54, 1.807) is 48.5 Å². The highest BCUT2D eigenvalue weighted by Gasteiger charge is 2.54. The molecule has 0 aromatic heterocycles. The number of fused-ring (bicyclic) bond motifs is 6. The number of phenolic OH excluding ortho intramolecular Hbond substituents is 2. The van der Waals surface area contributed by atoms with Crippen molar-refractivity contribution in [3.05, 3.63) is 113 Å². The maximum atomic E-state index is 13.9. The number of phenols is 2. The summed E-state index contributed by atoms with van der Waals surface area (Å²) in [5, 5.41) is 22.1. The first-order valence-corrected chi connectivity index (χ1v) is 13.4. The summed E-state index contributed by atoms with van der Waals surface area (Å²) in [6.45, 7) is 1.04. The predicted octanol–water partition coefficient (Wildman–Crippen LogP) is 5.38. The zero-order chi connectivity index (χ0) is 31.4. The predicted molar refractivity (Wildman–Crippen MR) is 150 cm³/mol. The van der Waals surface area contributed by atoms with Crippen LogP contribution in [0.1, 0.15) is 44.3 Å². The number of rotatable bonds is 5. The van der Waals surface area contributed by atoms with Gasteiger partial charge in [-0.3, -0.25) is 9.59 Å². The molecule has 0 fully saturated rings. The molecule has 44 heavy (non-hydrogen) atoms. The molecule has 0 unspecified atom stereocenters. The first kappa shape index (κ1) is 28.6. The van der Waals surface area contributed by atoms with Gasteiger partial charge in [-0.1, -0.05) is 24.3 Å². The van der Waals surface area contributed by atoms with Crippen molar-refractivity contribution in [3.63, 3.8) is 0 Å². The Hall–Kier alpha value is -5.52. The van der Waals surface area contributed by atoms with Crippen LogP contribution >= 0.6 is 0 Å². The van der Waals surface area contributed by atoms with Crippen LogP contribution in [-0.2, 0) is 15.1 Å². The van der Waals surface area contributed by atoms with E-state index < -0.39 is 35.6 Å². The van der Waals surface area contributed by atoms with E-state index in [0.717, 1.165) is 0 Å². The van der Waals surface area contributed by atoms with E-state index >= 15 is 0 Å². The number of benzene rings is 4. The van der Waals surface area contributed by atoms with Crippen molar-refractivity contribution in [1.82, 2.24) is 5.32 Å². The van der Waals surface area contributed by atoms with E-state index in [9.17, 15) is 37.8 Å². The number of anilines is 1. The zero-order valence-corrected chi connectivity index (χ0v) is 22.9. The summed E-state index contributed by atoms with van der Waals surface area (Å²) >= 11 is 0. The Morgan fingerprint density at radius 3 is 2.07 bits per heavy atom. The standard InChI is InChI=1S/C32H23F3N2O7/c1-17(36-30(42)32(33,34)35)16-37(19-5-3-2-4-6-19)28(40)18-7-10-23-22(13-18)29(41)44-31(23)24-11-8-20(38)14-26(24)43-27-15-21(39)9-12-25(27)31/h2-15,17,38-39H,16H2,1H3,(H,36,42)/t17-/m1/s1. The Bertz CT molecular complexity index is 1770. The summed E-state index contributed by atoms with van der Waals surface area (Å²) in [6, 6.07) is 20.1. The van der Waals surface area contributed by atoms with Gasteiger partial charge in [-0.2, -0.15) is 13.2 Å². The summed E-state index contributed by atoms with van der Waals surface area (Å²) in [4.78, 5) is 40.1. The number of aromatic hydroxyl groups is 2. The molecular formula is C32H23F3N2O7. The van der Waals surface area contributed by atoms with Crippen LogP contribution in [-0.4, -0.2) is 46.8 Å². The molecule has 0 aliphatic carbocycles. The van der Waals surface area contributed by atoms with Gasteiger partial charge in [0.25, 0.3) is 5.91 Å². The normalized spacial score (nSPS) is 14.9. The van der Waals surface area contributed by atoms with Crippen LogP contribution in [0, 0.1) is 0 Å². The summed E-state index contributed by atoms with van der Waals surface area (Å²) in [7, 11) is 0. The number of esters is 1. The van der Waals surface area contributed by atoms with Gasteiger partial charge in [-0.05, 0) is 55.5 Å². The number of carbonyl (C=O) groups excluding carboxylic acids is 3. The fraction of sp³-hybridized carbons (Fsp3) is 0.156. The van der Waals surface area contributed by atoms with E-state index in [1.165, 1.54) is 48.2 Å². The van der Waals surface area contributed by atoms with Gasteiger partial charge in [0, 0.05) is 52.7 Å². The molecule has 0 bridgehead atoms. The fourth-order valence-electron chi connectivity index (χ4n) is 5.53. The summed E-state index contributed by atoms with van der Waals surface area (Å²) < 4.78 is 50.6. The topological polar surface area (TPSA) is 125 Å². The van der Waals surface area contributed by atoms with Gasteiger partial charge in [0.05, 0.1) is 5.56 Å². The van der Waals surface area contributed by atoms with Crippen LogP contribution < -0.4 is 15.0 Å². The molecule has 0 radical (unpaired) electrons. The Morgan fingerprint density at radius 1 is 0.886 bits per heavy atom. The molecule has 2 aliphatic rings. The number of alkyl halides is 3. The number of carbonyl (C=O) groups is 3. The highest BCUT2D eigenvalue weighted by atomic mass is 19.4. The molecule has 2 aliphatic heterocycles. The molecule has 4 aromatic rings. The minimum absolute atomic E-state index is 0.0415. The Balaban J connectivity index is 1.42. The van der Waals surface area contributed by atoms with E-state index in [0.29, 0.717) is 22.4 Å². The highest BCUT2D eigenvalue weighted by Crippen LogP contribution is 2.57. The number of ether oxygens (including phenoxy) is 2. The van der Waals surface area contributed by atoms with Crippen LogP contribution in [0.3, 0.4) is 0 Å². The fourth-order valence-corrected chi connectivity index (χ4v) is 5.53. The summed E-state index contributed by atoms with van der Waals surface area (Å²) in [6.07, 6.45) is -5.09. The maximum absolute atomic E-state index is 13.9. The molecule has 0 saturated heterocycles. The van der Waals surface area contributed by atoms with Gasteiger partial charge in [0.2, 0.25) is 0 Å². The summed E-state index contributed by atoms with van der Waals surface area (Å²) in [5.41, 5.74) is 0.102. The Morgan fingerprint density at radius 2 is 1.48 bits per heavy atom. The molecule has 1 spiro atoms. The molecule has 3 N–H and O–H groups in total. The van der Waals surface area contributed by atoms with E-state index in [2.05, 4.69) is 0 Å². The third kappa shape index (κ3) is 4.74. The number of hydrogen-bond acceptors (Lipinski definition) is 7. The minimum Gasteiger partial charge on any atom is -0.508 e. The molecule has 0 saturated carbocycles. The van der Waals surface area contributed by atoms with Crippen LogP contribution in [0.4, 0.5) is 18.9 Å². The average molecular weight is 605 g/mol. The van der Waals surface area contributed by atoms with Crippen molar-refractivity contribution in [2.24, 2.45) is 0 Å². The van der Waals surface area contributed by atoms with Crippen LogP contribution in [0.15, 0.2) is 84.9 Å². The highest BCUT2D eigenvalue weighted by molar-refractivity contribution is 6.08. The lowest BCUT2D eigenvalue weighted by molar-refractivity contribution is -0.174. The van der Waals surface area contributed by atoms with Gasteiger partial charge in [-0.15, -0.1) is 0 Å². The Labute approximate surface area is 248 Å². The van der Waals surface area contributed by atoms with Gasteiger partial charge in [0.15, 0.2) is 5.60 Å². The molecular weight excluding hydrogens is 581 g/mol. The van der Waals surface area contributed by atoms with Crippen LogP contribution in [0.25, 0.3) is 0 Å². The molecule has 9 nitrogen and oxygen atoms in total. The van der Waals surface area contributed by atoms with Crippen molar-refractivity contribution in [3.8, 4) is 23.0 Å². The van der Waals surface area contributed by atoms with Crippen molar-refractivity contribution in [1.29, 1.82) is 0 Å². The second-order valence-corrected chi connectivity index (χ2v) is 10.4. The minimum atomic E-state index is -5.09. The number of para-hydroxylation sites is 1. The number of halogens is 3. The smallest absolute Gasteiger partial charge is 0.471 e. The van der Waals surface area contributed by atoms with Gasteiger partial charge >= 0.3 is 18.1 Å². The number of amides is 2. The second kappa shape index (κ2) is 10.3. The molecule has 2 heterocycles. The van der Waals surface area contributed by atoms with E-state index in [4.69, 9.17) is 9.47 Å². The molecule has 1 atom stereocenters. The third-order valence-corrected chi connectivity index (χ3v) is 7.42. The van der Waals surface area contributed by atoms with E-state index in [-0.39, 0.29) is 40.7 Å². The van der Waals surface area contributed by atoms with Gasteiger partial charge in [0.1, 0.15) is 23.0 Å². The molecule has 12 heteroatoms. The van der Waals surface area contributed by atoms with Gasteiger partial charge < -0.3 is 29.9 Å². The lowest BCUT2D eigenvalue weighted by atomic mass is 9.77. The molecule has 4 aromatic carbocycles. The van der Waals surface area contributed by atoms with E-state index in [1.807, 2.05) is 5.32 Å². The van der Waals surface area contributed by atoms with Crippen LogP contribution in [0.5, 0.6) is 23.0 Å².